The lowest BCUT2D eigenvalue weighted by Crippen LogP contribution is -2.01. The van der Waals surface area contributed by atoms with Gasteiger partial charge in [-0.2, -0.15) is 0 Å². The number of pyridine rings is 1. The van der Waals surface area contributed by atoms with E-state index in [0.29, 0.717) is 0 Å². The average molecular weight is 225 g/mol. The van der Waals surface area contributed by atoms with E-state index in [2.05, 4.69) is 15.1 Å². The van der Waals surface area contributed by atoms with Crippen LogP contribution in [0.2, 0.25) is 0 Å². The van der Waals surface area contributed by atoms with E-state index < -0.39 is 0 Å². The zero-order valence-corrected chi connectivity index (χ0v) is 9.33. The number of aryl methyl sites for hydroxylation is 1. The molecule has 3 aromatic heterocycles. The molecule has 0 fully saturated rings. The SMILES string of the molecule is Cc1ccc(-c2ccc3cnc(N)nn23)nc1. The van der Waals surface area contributed by atoms with Gasteiger partial charge in [0.2, 0.25) is 5.95 Å². The highest BCUT2D eigenvalue weighted by molar-refractivity contribution is 5.63. The van der Waals surface area contributed by atoms with Crippen LogP contribution in [0.1, 0.15) is 5.56 Å². The summed E-state index contributed by atoms with van der Waals surface area (Å²) >= 11 is 0. The number of hydrogen-bond acceptors (Lipinski definition) is 4. The van der Waals surface area contributed by atoms with Gasteiger partial charge in [0.25, 0.3) is 0 Å². The monoisotopic (exact) mass is 225 g/mol. The van der Waals surface area contributed by atoms with Gasteiger partial charge in [0.05, 0.1) is 23.1 Å². The smallest absolute Gasteiger partial charge is 0.238 e. The summed E-state index contributed by atoms with van der Waals surface area (Å²) in [6.45, 7) is 2.01. The Labute approximate surface area is 97.9 Å². The third kappa shape index (κ3) is 1.61. The van der Waals surface area contributed by atoms with Gasteiger partial charge in [-0.25, -0.2) is 9.50 Å². The molecule has 0 bridgehead atoms. The van der Waals surface area contributed by atoms with Gasteiger partial charge in [0.15, 0.2) is 0 Å². The van der Waals surface area contributed by atoms with Crippen LogP contribution in [0, 0.1) is 6.92 Å². The van der Waals surface area contributed by atoms with E-state index in [1.807, 2.05) is 37.4 Å². The molecule has 0 atom stereocenters. The van der Waals surface area contributed by atoms with Crippen molar-refractivity contribution in [1.29, 1.82) is 0 Å². The Bertz CT molecular complexity index is 669. The number of nitrogen functional groups attached to an aromatic ring is 1. The zero-order valence-electron chi connectivity index (χ0n) is 9.33. The second kappa shape index (κ2) is 3.55. The van der Waals surface area contributed by atoms with Crippen molar-refractivity contribution in [3.63, 3.8) is 0 Å². The van der Waals surface area contributed by atoms with Crippen LogP contribution >= 0.6 is 0 Å². The molecule has 0 aliphatic carbocycles. The summed E-state index contributed by atoms with van der Waals surface area (Å²) in [6, 6.07) is 7.89. The number of fused-ring (bicyclic) bond motifs is 1. The molecule has 0 amide bonds. The van der Waals surface area contributed by atoms with Crippen LogP contribution in [0.25, 0.3) is 16.9 Å². The van der Waals surface area contributed by atoms with E-state index in [1.54, 1.807) is 10.7 Å². The molecule has 0 radical (unpaired) electrons. The Balaban J connectivity index is 2.23. The highest BCUT2D eigenvalue weighted by Gasteiger charge is 2.07. The number of aromatic nitrogens is 4. The van der Waals surface area contributed by atoms with E-state index in [0.717, 1.165) is 22.5 Å². The molecule has 0 spiro atoms. The standard InChI is InChI=1S/C12H11N5/c1-8-2-4-10(14-6-8)11-5-3-9-7-15-12(13)16-17(9)11/h2-7H,1H3,(H2,13,16). The Morgan fingerprint density at radius 1 is 1.06 bits per heavy atom. The molecule has 5 heteroatoms. The Morgan fingerprint density at radius 2 is 1.94 bits per heavy atom. The van der Waals surface area contributed by atoms with Crippen molar-refractivity contribution in [2.45, 2.75) is 6.92 Å². The first-order valence-electron chi connectivity index (χ1n) is 5.27. The lowest BCUT2D eigenvalue weighted by Gasteiger charge is -2.02. The minimum Gasteiger partial charge on any atom is -0.367 e. The quantitative estimate of drug-likeness (QED) is 0.684. The Hall–Kier alpha value is -2.43. The molecule has 17 heavy (non-hydrogen) atoms. The number of nitrogens with zero attached hydrogens (tertiary/aromatic N) is 4. The molecule has 3 aromatic rings. The number of anilines is 1. The van der Waals surface area contributed by atoms with Crippen LogP contribution in [-0.2, 0) is 0 Å². The molecule has 0 aromatic carbocycles. The van der Waals surface area contributed by atoms with Crippen molar-refractivity contribution in [1.82, 2.24) is 19.6 Å². The van der Waals surface area contributed by atoms with E-state index in [-0.39, 0.29) is 5.95 Å². The molecular formula is C12H11N5. The maximum Gasteiger partial charge on any atom is 0.238 e. The van der Waals surface area contributed by atoms with Crippen molar-refractivity contribution in [2.24, 2.45) is 0 Å². The average Bonchev–Trinajstić information content (AvgIpc) is 2.73. The summed E-state index contributed by atoms with van der Waals surface area (Å²) in [7, 11) is 0. The van der Waals surface area contributed by atoms with Gasteiger partial charge in [-0.3, -0.25) is 4.98 Å². The fraction of sp³-hybridized carbons (Fsp3) is 0.0833. The second-order valence-electron chi connectivity index (χ2n) is 3.89. The van der Waals surface area contributed by atoms with Gasteiger partial charge >= 0.3 is 0 Å². The van der Waals surface area contributed by atoms with Gasteiger partial charge in [0, 0.05) is 6.20 Å². The first kappa shape index (κ1) is 9.77. The normalized spacial score (nSPS) is 10.9. The Kier molecular flexibility index (Phi) is 2.04. The van der Waals surface area contributed by atoms with Crippen molar-refractivity contribution in [3.8, 4) is 11.4 Å². The maximum absolute atomic E-state index is 5.59. The zero-order chi connectivity index (χ0) is 11.8. The molecule has 2 N–H and O–H groups in total. The fourth-order valence-electron chi connectivity index (χ4n) is 1.73. The van der Waals surface area contributed by atoms with E-state index in [9.17, 15) is 0 Å². The highest BCUT2D eigenvalue weighted by atomic mass is 15.3. The minimum absolute atomic E-state index is 0.252. The van der Waals surface area contributed by atoms with Crippen molar-refractivity contribution >= 4 is 11.5 Å². The third-order valence-corrected chi connectivity index (χ3v) is 2.59. The predicted molar refractivity (Wildman–Crippen MR) is 65.4 cm³/mol. The molecule has 0 saturated carbocycles. The summed E-state index contributed by atoms with van der Waals surface area (Å²) < 4.78 is 1.75. The molecule has 0 saturated heterocycles. The lowest BCUT2D eigenvalue weighted by molar-refractivity contribution is 0.919. The summed E-state index contributed by atoms with van der Waals surface area (Å²) in [5, 5.41) is 4.18. The first-order valence-corrected chi connectivity index (χ1v) is 5.27. The second-order valence-corrected chi connectivity index (χ2v) is 3.89. The van der Waals surface area contributed by atoms with Crippen LogP contribution in [0.4, 0.5) is 5.95 Å². The molecule has 84 valence electrons. The van der Waals surface area contributed by atoms with Crippen LogP contribution in [0.15, 0.2) is 36.7 Å². The van der Waals surface area contributed by atoms with Crippen LogP contribution in [0.5, 0.6) is 0 Å². The van der Waals surface area contributed by atoms with Gasteiger partial charge in [0.1, 0.15) is 0 Å². The summed E-state index contributed by atoms with van der Waals surface area (Å²) in [6.07, 6.45) is 3.53. The van der Waals surface area contributed by atoms with Gasteiger partial charge in [-0.15, -0.1) is 5.10 Å². The maximum atomic E-state index is 5.59. The van der Waals surface area contributed by atoms with Crippen molar-refractivity contribution < 1.29 is 0 Å². The molecular weight excluding hydrogens is 214 g/mol. The fourth-order valence-corrected chi connectivity index (χ4v) is 1.73. The van der Waals surface area contributed by atoms with Crippen LogP contribution in [0.3, 0.4) is 0 Å². The number of hydrogen-bond donors (Lipinski definition) is 1. The molecule has 0 aliphatic rings. The van der Waals surface area contributed by atoms with E-state index in [4.69, 9.17) is 5.73 Å². The molecule has 5 nitrogen and oxygen atoms in total. The summed E-state index contributed by atoms with van der Waals surface area (Å²) in [5.74, 6) is 0.252. The summed E-state index contributed by atoms with van der Waals surface area (Å²) in [4.78, 5) is 8.33. The van der Waals surface area contributed by atoms with Crippen LogP contribution < -0.4 is 5.73 Å². The third-order valence-electron chi connectivity index (χ3n) is 2.59. The highest BCUT2D eigenvalue weighted by Crippen LogP contribution is 2.19. The number of nitrogens with two attached hydrogens (primary N) is 1. The lowest BCUT2D eigenvalue weighted by atomic mass is 10.2. The molecule has 3 heterocycles. The van der Waals surface area contributed by atoms with E-state index >= 15 is 0 Å². The minimum atomic E-state index is 0.252. The van der Waals surface area contributed by atoms with Crippen LogP contribution in [-0.4, -0.2) is 19.6 Å². The van der Waals surface area contributed by atoms with Crippen molar-refractivity contribution in [2.75, 3.05) is 5.73 Å². The van der Waals surface area contributed by atoms with E-state index in [1.165, 1.54) is 0 Å². The Morgan fingerprint density at radius 3 is 2.71 bits per heavy atom. The molecule has 0 unspecified atom stereocenters. The van der Waals surface area contributed by atoms with Gasteiger partial charge in [-0.05, 0) is 30.7 Å². The predicted octanol–water partition coefficient (Wildman–Crippen LogP) is 1.68. The van der Waals surface area contributed by atoms with Crippen molar-refractivity contribution in [3.05, 3.63) is 42.2 Å². The molecule has 0 aliphatic heterocycles. The summed E-state index contributed by atoms with van der Waals surface area (Å²) in [5.41, 5.74) is 9.40. The first-order chi connectivity index (χ1) is 8.24. The number of rotatable bonds is 1. The van der Waals surface area contributed by atoms with Gasteiger partial charge in [-0.1, -0.05) is 6.07 Å². The van der Waals surface area contributed by atoms with Gasteiger partial charge < -0.3 is 5.73 Å². The largest absolute Gasteiger partial charge is 0.367 e. The topological polar surface area (TPSA) is 69.1 Å². The molecule has 3 rings (SSSR count).